The fourth-order valence-electron chi connectivity index (χ4n) is 2.42. The topological polar surface area (TPSA) is 59.8 Å². The molecule has 2 aromatic carbocycles. The fraction of sp³-hybridized carbons (Fsp3) is 0.105. The van der Waals surface area contributed by atoms with Crippen LogP contribution in [0.5, 0.6) is 0 Å². The molecule has 9 heteroatoms. The molecule has 1 heterocycles. The molecule has 3 aromatic rings. The minimum atomic E-state index is -0.855. The maximum absolute atomic E-state index is 13.6. The summed E-state index contributed by atoms with van der Waals surface area (Å²) in [6.07, 6.45) is 1.63. The van der Waals surface area contributed by atoms with E-state index in [1.807, 2.05) is 0 Å². The van der Waals surface area contributed by atoms with Crippen molar-refractivity contribution in [3.63, 3.8) is 0 Å². The van der Waals surface area contributed by atoms with E-state index in [4.69, 9.17) is 0 Å². The molecule has 0 unspecified atom stereocenters. The van der Waals surface area contributed by atoms with Crippen LogP contribution >= 0.6 is 11.8 Å². The van der Waals surface area contributed by atoms with E-state index in [0.717, 1.165) is 23.9 Å². The number of amides is 1. The molecule has 1 aromatic heterocycles. The summed E-state index contributed by atoms with van der Waals surface area (Å²) in [7, 11) is 0. The molecule has 1 amide bonds. The molecule has 144 valence electrons. The lowest BCUT2D eigenvalue weighted by Gasteiger charge is -2.09. The summed E-state index contributed by atoms with van der Waals surface area (Å²) < 4.78 is 42.1. The molecule has 0 radical (unpaired) electrons. The highest BCUT2D eigenvalue weighted by Crippen LogP contribution is 2.25. The summed E-state index contributed by atoms with van der Waals surface area (Å²) in [5.41, 5.74) is 0.160. The molecular formula is C19H15F3N4OS. The highest BCUT2D eigenvalue weighted by molar-refractivity contribution is 7.99. The summed E-state index contributed by atoms with van der Waals surface area (Å²) >= 11 is 1.06. The summed E-state index contributed by atoms with van der Waals surface area (Å²) in [4.78, 5) is 12.1. The van der Waals surface area contributed by atoms with Crippen LogP contribution in [0.25, 0.3) is 11.4 Å². The average Bonchev–Trinajstić information content (AvgIpc) is 3.07. The van der Waals surface area contributed by atoms with Gasteiger partial charge in [-0.15, -0.1) is 16.8 Å². The Morgan fingerprint density at radius 1 is 1.11 bits per heavy atom. The number of benzene rings is 2. The van der Waals surface area contributed by atoms with Gasteiger partial charge in [0.15, 0.2) is 11.0 Å². The maximum Gasteiger partial charge on any atom is 0.235 e. The lowest BCUT2D eigenvalue weighted by Crippen LogP contribution is -2.16. The van der Waals surface area contributed by atoms with E-state index in [1.165, 1.54) is 18.2 Å². The minimum absolute atomic E-state index is 0.132. The Balaban J connectivity index is 1.74. The molecule has 0 spiro atoms. The zero-order chi connectivity index (χ0) is 20.1. The van der Waals surface area contributed by atoms with Gasteiger partial charge in [-0.1, -0.05) is 23.9 Å². The van der Waals surface area contributed by atoms with Crippen molar-refractivity contribution in [2.75, 3.05) is 11.1 Å². The smallest absolute Gasteiger partial charge is 0.235 e. The number of hydrogen-bond donors (Lipinski definition) is 1. The normalized spacial score (nSPS) is 10.7. The van der Waals surface area contributed by atoms with Crippen LogP contribution in [0.15, 0.2) is 60.3 Å². The van der Waals surface area contributed by atoms with E-state index < -0.39 is 23.2 Å². The van der Waals surface area contributed by atoms with Crippen molar-refractivity contribution in [1.29, 1.82) is 0 Å². The number of thioether (sulfide) groups is 1. The van der Waals surface area contributed by atoms with Crippen molar-refractivity contribution in [2.45, 2.75) is 11.7 Å². The number of nitrogens with one attached hydrogen (secondary N) is 1. The van der Waals surface area contributed by atoms with Gasteiger partial charge in [0.1, 0.15) is 23.1 Å². The maximum atomic E-state index is 13.6. The Kier molecular flexibility index (Phi) is 6.15. The zero-order valence-electron chi connectivity index (χ0n) is 14.5. The molecule has 0 bridgehead atoms. The molecule has 5 nitrogen and oxygen atoms in total. The highest BCUT2D eigenvalue weighted by Gasteiger charge is 2.16. The third-order valence-corrected chi connectivity index (χ3v) is 4.66. The predicted octanol–water partition coefficient (Wildman–Crippen LogP) is 4.28. The molecule has 0 atom stereocenters. The first-order chi connectivity index (χ1) is 13.5. The zero-order valence-corrected chi connectivity index (χ0v) is 15.3. The Bertz CT molecular complexity index is 985. The molecule has 28 heavy (non-hydrogen) atoms. The quantitative estimate of drug-likeness (QED) is 0.472. The van der Waals surface area contributed by atoms with Gasteiger partial charge in [0.05, 0.1) is 5.75 Å². The molecule has 0 fully saturated rings. The van der Waals surface area contributed by atoms with Gasteiger partial charge in [-0.2, -0.15) is 0 Å². The monoisotopic (exact) mass is 404 g/mol. The largest absolute Gasteiger partial charge is 0.320 e. The Morgan fingerprint density at radius 3 is 2.43 bits per heavy atom. The summed E-state index contributed by atoms with van der Waals surface area (Å²) in [6.45, 7) is 4.05. The molecular weight excluding hydrogens is 389 g/mol. The average molecular weight is 404 g/mol. The first-order valence-electron chi connectivity index (χ1n) is 8.16. The van der Waals surface area contributed by atoms with Crippen LogP contribution in [-0.4, -0.2) is 26.4 Å². The van der Waals surface area contributed by atoms with Crippen LogP contribution in [0.4, 0.5) is 18.9 Å². The first-order valence-corrected chi connectivity index (χ1v) is 9.15. The van der Waals surface area contributed by atoms with Gasteiger partial charge in [0.2, 0.25) is 5.91 Å². The van der Waals surface area contributed by atoms with Crippen molar-refractivity contribution in [1.82, 2.24) is 14.8 Å². The third kappa shape index (κ3) is 4.42. The number of aromatic nitrogens is 3. The molecule has 0 saturated carbocycles. The Labute approximate surface area is 163 Å². The summed E-state index contributed by atoms with van der Waals surface area (Å²) in [5.74, 6) is -2.32. The van der Waals surface area contributed by atoms with Gasteiger partial charge in [0.25, 0.3) is 0 Å². The van der Waals surface area contributed by atoms with Crippen molar-refractivity contribution in [2.24, 2.45) is 0 Å². The van der Waals surface area contributed by atoms with Gasteiger partial charge < -0.3 is 5.32 Å². The van der Waals surface area contributed by atoms with E-state index >= 15 is 0 Å². The van der Waals surface area contributed by atoms with Gasteiger partial charge >= 0.3 is 0 Å². The van der Waals surface area contributed by atoms with E-state index in [0.29, 0.717) is 23.1 Å². The molecule has 0 saturated heterocycles. The number of carbonyl (C=O) groups is 1. The highest BCUT2D eigenvalue weighted by atomic mass is 32.2. The van der Waals surface area contributed by atoms with Crippen LogP contribution < -0.4 is 5.32 Å². The van der Waals surface area contributed by atoms with E-state index in [1.54, 1.807) is 22.8 Å². The summed E-state index contributed by atoms with van der Waals surface area (Å²) in [6, 6.07) is 9.09. The van der Waals surface area contributed by atoms with Crippen molar-refractivity contribution >= 4 is 23.4 Å². The number of hydrogen-bond acceptors (Lipinski definition) is 4. The van der Waals surface area contributed by atoms with Crippen LogP contribution in [0.2, 0.25) is 0 Å². The molecule has 0 aliphatic carbocycles. The van der Waals surface area contributed by atoms with Crippen molar-refractivity contribution < 1.29 is 18.0 Å². The van der Waals surface area contributed by atoms with Gasteiger partial charge in [-0.3, -0.25) is 9.36 Å². The van der Waals surface area contributed by atoms with Crippen LogP contribution in [0.1, 0.15) is 0 Å². The SMILES string of the molecule is C=CCn1c(SCC(=O)Nc2c(F)cccc2F)nnc1-c1ccc(F)cc1. The van der Waals surface area contributed by atoms with E-state index in [2.05, 4.69) is 22.1 Å². The lowest BCUT2D eigenvalue weighted by atomic mass is 10.2. The van der Waals surface area contributed by atoms with E-state index in [9.17, 15) is 18.0 Å². The lowest BCUT2D eigenvalue weighted by molar-refractivity contribution is -0.113. The number of halogens is 3. The molecule has 1 N–H and O–H groups in total. The first kappa shape index (κ1) is 19.7. The molecule has 0 aliphatic rings. The van der Waals surface area contributed by atoms with Crippen LogP contribution in [-0.2, 0) is 11.3 Å². The fourth-order valence-corrected chi connectivity index (χ4v) is 3.17. The van der Waals surface area contributed by atoms with Gasteiger partial charge in [-0.25, -0.2) is 13.2 Å². The second-order valence-electron chi connectivity index (χ2n) is 5.65. The predicted molar refractivity (Wildman–Crippen MR) is 101 cm³/mol. The second kappa shape index (κ2) is 8.75. The van der Waals surface area contributed by atoms with Crippen LogP contribution in [0, 0.1) is 17.5 Å². The van der Waals surface area contributed by atoms with Crippen LogP contribution in [0.3, 0.4) is 0 Å². The Morgan fingerprint density at radius 2 is 1.79 bits per heavy atom. The minimum Gasteiger partial charge on any atom is -0.320 e. The van der Waals surface area contributed by atoms with E-state index in [-0.39, 0.29) is 11.6 Å². The number of anilines is 1. The number of carbonyl (C=O) groups excluding carboxylic acids is 1. The van der Waals surface area contributed by atoms with Gasteiger partial charge in [-0.05, 0) is 36.4 Å². The standard InChI is InChI=1S/C19H15F3N4OS/c1-2-10-26-18(12-6-8-13(20)9-7-12)24-25-19(26)28-11-16(27)23-17-14(21)4-3-5-15(17)22/h2-9H,1,10-11H2,(H,23,27). The number of rotatable bonds is 7. The van der Waals surface area contributed by atoms with Crippen molar-refractivity contribution in [3.05, 3.63) is 72.6 Å². The Hall–Kier alpha value is -3.07. The molecule has 0 aliphatic heterocycles. The third-order valence-electron chi connectivity index (χ3n) is 3.69. The van der Waals surface area contributed by atoms with Gasteiger partial charge in [0, 0.05) is 12.1 Å². The van der Waals surface area contributed by atoms with Crippen molar-refractivity contribution in [3.8, 4) is 11.4 Å². The second-order valence-corrected chi connectivity index (χ2v) is 6.59. The number of nitrogens with zero attached hydrogens (tertiary/aromatic N) is 3. The number of allylic oxidation sites excluding steroid dienone is 1. The summed E-state index contributed by atoms with van der Waals surface area (Å²) in [5, 5.41) is 10.8. The molecule has 3 rings (SSSR count). The number of para-hydroxylation sites is 1.